The molecule has 1 N–H and O–H groups in total. The molecule has 1 atom stereocenters. The minimum atomic E-state index is -0.222. The molecule has 0 aliphatic rings. The molecule has 146 valence electrons. The summed E-state index contributed by atoms with van der Waals surface area (Å²) in [6, 6.07) is 17.5. The smallest absolute Gasteiger partial charge is 0.263 e. The second kappa shape index (κ2) is 8.01. The molecule has 0 aliphatic carbocycles. The molecule has 4 rings (SSSR count). The summed E-state index contributed by atoms with van der Waals surface area (Å²) in [5.41, 5.74) is 3.80. The molecule has 2 heterocycles. The molecule has 5 nitrogen and oxygen atoms in total. The first-order valence-corrected chi connectivity index (χ1v) is 10.3. The first-order chi connectivity index (χ1) is 14.0. The minimum Gasteiger partial charge on any atom is -0.348 e. The molecule has 2 aromatic carbocycles. The Bertz CT molecular complexity index is 1230. The van der Waals surface area contributed by atoms with E-state index in [1.807, 2.05) is 73.8 Å². The van der Waals surface area contributed by atoms with Crippen LogP contribution in [-0.4, -0.2) is 15.5 Å². The lowest BCUT2D eigenvalue weighted by Crippen LogP contribution is -2.34. The van der Waals surface area contributed by atoms with Crippen LogP contribution in [0.1, 0.15) is 24.1 Å². The van der Waals surface area contributed by atoms with Gasteiger partial charge >= 0.3 is 0 Å². The van der Waals surface area contributed by atoms with Gasteiger partial charge in [-0.25, -0.2) is 4.98 Å². The Kier molecular flexibility index (Phi) is 5.27. The van der Waals surface area contributed by atoms with Crippen LogP contribution >= 0.6 is 11.3 Å². The van der Waals surface area contributed by atoms with Gasteiger partial charge in [-0.2, -0.15) is 0 Å². The lowest BCUT2D eigenvalue weighted by molar-refractivity contribution is -0.122. The maximum Gasteiger partial charge on any atom is 0.263 e. The molecule has 4 aromatic rings. The maximum absolute atomic E-state index is 13.1. The van der Waals surface area contributed by atoms with Crippen molar-refractivity contribution in [2.75, 3.05) is 0 Å². The van der Waals surface area contributed by atoms with Gasteiger partial charge in [-0.05, 0) is 30.5 Å². The van der Waals surface area contributed by atoms with Gasteiger partial charge < -0.3 is 5.32 Å². The number of thiophene rings is 1. The van der Waals surface area contributed by atoms with Crippen LogP contribution in [0.3, 0.4) is 0 Å². The number of nitrogens with zero attached hydrogens (tertiary/aromatic N) is 2. The van der Waals surface area contributed by atoms with E-state index in [1.54, 1.807) is 0 Å². The van der Waals surface area contributed by atoms with Gasteiger partial charge in [0, 0.05) is 10.9 Å². The minimum absolute atomic E-state index is 0.0674. The molecule has 0 aliphatic heterocycles. The first-order valence-electron chi connectivity index (χ1n) is 9.41. The summed E-state index contributed by atoms with van der Waals surface area (Å²) in [7, 11) is 0. The van der Waals surface area contributed by atoms with Gasteiger partial charge in [0.25, 0.3) is 5.56 Å². The average molecular weight is 404 g/mol. The number of carbonyl (C=O) groups excluding carboxylic acids is 1. The summed E-state index contributed by atoms with van der Waals surface area (Å²) >= 11 is 1.44. The van der Waals surface area contributed by atoms with Crippen LogP contribution in [0.2, 0.25) is 0 Å². The molecule has 1 unspecified atom stereocenters. The van der Waals surface area contributed by atoms with Gasteiger partial charge in [0.15, 0.2) is 0 Å². The number of carbonyl (C=O) groups is 1. The number of benzene rings is 2. The summed E-state index contributed by atoms with van der Waals surface area (Å²) in [6.45, 7) is 3.89. The number of rotatable bonds is 5. The Morgan fingerprint density at radius 3 is 2.62 bits per heavy atom. The van der Waals surface area contributed by atoms with Crippen LogP contribution in [0.15, 0.2) is 71.1 Å². The van der Waals surface area contributed by atoms with E-state index in [1.165, 1.54) is 22.2 Å². The number of amides is 1. The van der Waals surface area contributed by atoms with Crippen LogP contribution in [0, 0.1) is 6.92 Å². The van der Waals surface area contributed by atoms with E-state index in [9.17, 15) is 9.59 Å². The second-order valence-electron chi connectivity index (χ2n) is 7.02. The quantitative estimate of drug-likeness (QED) is 0.540. The summed E-state index contributed by atoms with van der Waals surface area (Å²) < 4.78 is 1.38. The van der Waals surface area contributed by atoms with Crippen molar-refractivity contribution < 1.29 is 4.79 Å². The molecular weight excluding hydrogens is 382 g/mol. The number of aryl methyl sites for hydroxylation is 1. The number of hydrogen-bond acceptors (Lipinski definition) is 4. The van der Waals surface area contributed by atoms with Crippen molar-refractivity contribution in [3.05, 3.63) is 87.8 Å². The van der Waals surface area contributed by atoms with Crippen molar-refractivity contribution in [1.29, 1.82) is 0 Å². The molecule has 0 spiro atoms. The monoisotopic (exact) mass is 403 g/mol. The third-order valence-electron chi connectivity index (χ3n) is 4.99. The summed E-state index contributed by atoms with van der Waals surface area (Å²) in [4.78, 5) is 30.7. The van der Waals surface area contributed by atoms with Crippen molar-refractivity contribution in [1.82, 2.24) is 14.9 Å². The van der Waals surface area contributed by atoms with Crippen molar-refractivity contribution in [2.45, 2.75) is 26.4 Å². The van der Waals surface area contributed by atoms with Crippen molar-refractivity contribution in [3.63, 3.8) is 0 Å². The largest absolute Gasteiger partial charge is 0.348 e. The van der Waals surface area contributed by atoms with Crippen LogP contribution in [0.5, 0.6) is 0 Å². The molecule has 1 amide bonds. The fourth-order valence-corrected chi connectivity index (χ4v) is 4.41. The van der Waals surface area contributed by atoms with Crippen molar-refractivity contribution in [2.24, 2.45) is 0 Å². The van der Waals surface area contributed by atoms with Crippen LogP contribution in [0.4, 0.5) is 0 Å². The molecule has 0 saturated heterocycles. The normalized spacial score (nSPS) is 12.1. The third kappa shape index (κ3) is 3.84. The van der Waals surface area contributed by atoms with E-state index in [-0.39, 0.29) is 24.1 Å². The first kappa shape index (κ1) is 19.1. The highest BCUT2D eigenvalue weighted by molar-refractivity contribution is 7.17. The molecule has 6 heteroatoms. The van der Waals surface area contributed by atoms with E-state index < -0.39 is 0 Å². The van der Waals surface area contributed by atoms with Crippen LogP contribution < -0.4 is 10.9 Å². The van der Waals surface area contributed by atoms with E-state index in [0.29, 0.717) is 10.2 Å². The van der Waals surface area contributed by atoms with Crippen molar-refractivity contribution in [3.8, 4) is 11.1 Å². The van der Waals surface area contributed by atoms with Gasteiger partial charge in [0.1, 0.15) is 11.4 Å². The lowest BCUT2D eigenvalue weighted by Gasteiger charge is -2.17. The van der Waals surface area contributed by atoms with E-state index >= 15 is 0 Å². The summed E-state index contributed by atoms with van der Waals surface area (Å²) in [5.74, 6) is -0.222. The fourth-order valence-electron chi connectivity index (χ4n) is 3.50. The van der Waals surface area contributed by atoms with Gasteiger partial charge in [-0.1, -0.05) is 54.6 Å². The Balaban J connectivity index is 1.60. The third-order valence-corrected chi connectivity index (χ3v) is 5.88. The van der Waals surface area contributed by atoms with Crippen molar-refractivity contribution >= 4 is 27.5 Å². The summed E-state index contributed by atoms with van der Waals surface area (Å²) in [5, 5.41) is 5.48. The Morgan fingerprint density at radius 2 is 1.86 bits per heavy atom. The highest BCUT2D eigenvalue weighted by atomic mass is 32.1. The average Bonchev–Trinajstić information content (AvgIpc) is 3.16. The molecule has 2 aromatic heterocycles. The number of hydrogen-bond donors (Lipinski definition) is 1. The number of aromatic nitrogens is 2. The highest BCUT2D eigenvalue weighted by Gasteiger charge is 2.16. The zero-order chi connectivity index (χ0) is 20.4. The predicted octanol–water partition coefficient (Wildman–Crippen LogP) is 4.31. The standard InChI is InChI=1S/C23H21N3O2S/c1-15-8-6-7-11-18(15)16(2)25-20(27)12-26-14-24-22-21(23(26)28)19(13-29-22)17-9-4-3-5-10-17/h3-11,13-14,16H,12H2,1-2H3,(H,25,27). The molecule has 0 radical (unpaired) electrons. The maximum atomic E-state index is 13.1. The molecule has 0 bridgehead atoms. The van der Waals surface area contributed by atoms with Gasteiger partial charge in [0.05, 0.1) is 17.8 Å². The Morgan fingerprint density at radius 1 is 1.14 bits per heavy atom. The molecular formula is C23H21N3O2S. The number of fused-ring (bicyclic) bond motifs is 1. The Hall–Kier alpha value is -3.25. The number of nitrogens with one attached hydrogen (secondary N) is 1. The Labute approximate surface area is 172 Å². The molecule has 0 fully saturated rings. The zero-order valence-corrected chi connectivity index (χ0v) is 17.1. The zero-order valence-electron chi connectivity index (χ0n) is 16.3. The SMILES string of the molecule is Cc1ccccc1C(C)NC(=O)Cn1cnc2scc(-c3ccccc3)c2c1=O. The van der Waals surface area contributed by atoms with Gasteiger partial charge in [-0.3, -0.25) is 14.2 Å². The molecule has 29 heavy (non-hydrogen) atoms. The van der Waals surface area contributed by atoms with E-state index in [0.717, 1.165) is 22.3 Å². The van der Waals surface area contributed by atoms with Gasteiger partial charge in [-0.15, -0.1) is 11.3 Å². The summed E-state index contributed by atoms with van der Waals surface area (Å²) in [6.07, 6.45) is 1.45. The second-order valence-corrected chi connectivity index (χ2v) is 7.88. The van der Waals surface area contributed by atoms with Gasteiger partial charge in [0.2, 0.25) is 5.91 Å². The topological polar surface area (TPSA) is 64.0 Å². The highest BCUT2D eigenvalue weighted by Crippen LogP contribution is 2.30. The lowest BCUT2D eigenvalue weighted by atomic mass is 10.0. The van der Waals surface area contributed by atoms with E-state index in [4.69, 9.17) is 0 Å². The van der Waals surface area contributed by atoms with E-state index in [2.05, 4.69) is 10.3 Å². The predicted molar refractivity (Wildman–Crippen MR) is 117 cm³/mol. The van der Waals surface area contributed by atoms with Crippen LogP contribution in [-0.2, 0) is 11.3 Å². The molecule has 0 saturated carbocycles. The van der Waals surface area contributed by atoms with Crippen LogP contribution in [0.25, 0.3) is 21.3 Å². The fraction of sp³-hybridized carbons (Fsp3) is 0.174.